The van der Waals surface area contributed by atoms with Crippen LogP contribution >= 0.6 is 0 Å². The van der Waals surface area contributed by atoms with Crippen LogP contribution in [0.4, 0.5) is 0 Å². The number of rotatable bonds is 21. The predicted octanol–water partition coefficient (Wildman–Crippen LogP) is 10.0. The van der Waals surface area contributed by atoms with Gasteiger partial charge in [-0.25, -0.2) is 0 Å². The maximum Gasteiger partial charge on any atom is 0.320 e. The van der Waals surface area contributed by atoms with Crippen LogP contribution in [0, 0.1) is 5.92 Å². The van der Waals surface area contributed by atoms with E-state index in [-0.39, 0.29) is 24.1 Å². The van der Waals surface area contributed by atoms with E-state index in [4.69, 9.17) is 9.47 Å². The Morgan fingerprint density at radius 2 is 0.838 bits per heavy atom. The molecule has 37 heavy (non-hydrogen) atoms. The van der Waals surface area contributed by atoms with E-state index in [1.807, 2.05) is 0 Å². The van der Waals surface area contributed by atoms with Gasteiger partial charge in [0, 0.05) is 0 Å². The Morgan fingerprint density at radius 1 is 0.514 bits per heavy atom. The number of carbonyl (C=O) groups is 2. The van der Waals surface area contributed by atoms with Crippen LogP contribution in [-0.4, -0.2) is 24.1 Å². The summed E-state index contributed by atoms with van der Waals surface area (Å²) in [6.45, 7) is 2.28. The number of hydrogen-bond donors (Lipinski definition) is 0. The van der Waals surface area contributed by atoms with E-state index in [2.05, 4.69) is 6.92 Å². The van der Waals surface area contributed by atoms with Gasteiger partial charge in [0.1, 0.15) is 12.2 Å². The Balaban J connectivity index is 1.54. The summed E-state index contributed by atoms with van der Waals surface area (Å²) in [4.78, 5) is 25.9. The zero-order valence-electron chi connectivity index (χ0n) is 24.5. The first-order chi connectivity index (χ1) is 18.2. The largest absolute Gasteiger partial charge is 0.462 e. The molecule has 216 valence electrons. The van der Waals surface area contributed by atoms with Crippen molar-refractivity contribution >= 4 is 11.9 Å². The molecule has 0 bridgehead atoms. The van der Waals surface area contributed by atoms with Gasteiger partial charge in [0.05, 0.1) is 0 Å². The van der Waals surface area contributed by atoms with Crippen LogP contribution in [0.3, 0.4) is 0 Å². The molecule has 2 saturated carbocycles. The van der Waals surface area contributed by atoms with E-state index in [1.165, 1.54) is 103 Å². The highest BCUT2D eigenvalue weighted by atomic mass is 16.6. The second kappa shape index (κ2) is 21.8. The van der Waals surface area contributed by atoms with Crippen molar-refractivity contribution in [2.75, 3.05) is 0 Å². The number of ether oxygens (including phenoxy) is 2. The lowest BCUT2D eigenvalue weighted by atomic mass is 9.96. The molecule has 0 aliphatic heterocycles. The molecule has 2 rings (SSSR count). The Kier molecular flexibility index (Phi) is 19.0. The topological polar surface area (TPSA) is 52.6 Å². The molecule has 0 spiro atoms. The fourth-order valence-corrected chi connectivity index (χ4v) is 6.09. The van der Waals surface area contributed by atoms with E-state index >= 15 is 0 Å². The summed E-state index contributed by atoms with van der Waals surface area (Å²) >= 11 is 0. The summed E-state index contributed by atoms with van der Waals surface area (Å²) < 4.78 is 11.6. The molecule has 0 heterocycles. The van der Waals surface area contributed by atoms with Gasteiger partial charge >= 0.3 is 11.9 Å². The zero-order valence-corrected chi connectivity index (χ0v) is 24.5. The summed E-state index contributed by atoms with van der Waals surface area (Å²) in [6.07, 6.45) is 32.4. The molecule has 0 aromatic carbocycles. The molecule has 0 amide bonds. The minimum absolute atomic E-state index is 0.00275. The SMILES string of the molecule is CCCCCCCCCCCCCCCCCCC(C(=O)OC1CCCCC1)C(=O)OC1CCCCC1. The summed E-state index contributed by atoms with van der Waals surface area (Å²) in [5, 5.41) is 0. The van der Waals surface area contributed by atoms with Crippen LogP contribution in [0.1, 0.15) is 180 Å². The van der Waals surface area contributed by atoms with Gasteiger partial charge in [-0.3, -0.25) is 9.59 Å². The Labute approximate surface area is 229 Å². The van der Waals surface area contributed by atoms with Gasteiger partial charge in [-0.05, 0) is 57.8 Å². The molecule has 2 fully saturated rings. The van der Waals surface area contributed by atoms with Gasteiger partial charge in [-0.1, -0.05) is 122 Å². The van der Waals surface area contributed by atoms with E-state index in [1.54, 1.807) is 0 Å². The minimum Gasteiger partial charge on any atom is -0.462 e. The van der Waals surface area contributed by atoms with Gasteiger partial charge in [0.2, 0.25) is 0 Å². The molecule has 0 aromatic rings. The van der Waals surface area contributed by atoms with Gasteiger partial charge in [0.15, 0.2) is 5.92 Å². The fraction of sp³-hybridized carbons (Fsp3) is 0.939. The number of unbranched alkanes of at least 4 members (excludes halogenated alkanes) is 15. The molecule has 0 radical (unpaired) electrons. The van der Waals surface area contributed by atoms with Crippen molar-refractivity contribution in [1.29, 1.82) is 0 Å². The lowest BCUT2D eigenvalue weighted by molar-refractivity contribution is -0.170. The maximum absolute atomic E-state index is 13.0. The molecule has 2 aliphatic carbocycles. The third-order valence-electron chi connectivity index (χ3n) is 8.59. The lowest BCUT2D eigenvalue weighted by Crippen LogP contribution is -2.34. The fourth-order valence-electron chi connectivity index (χ4n) is 6.09. The maximum atomic E-state index is 13.0. The molecule has 0 N–H and O–H groups in total. The zero-order chi connectivity index (χ0) is 26.4. The second-order valence-electron chi connectivity index (χ2n) is 12.0. The molecule has 0 unspecified atom stereocenters. The highest BCUT2D eigenvalue weighted by Gasteiger charge is 2.33. The molecule has 0 saturated heterocycles. The van der Waals surface area contributed by atoms with Crippen LogP contribution in [0.2, 0.25) is 0 Å². The smallest absolute Gasteiger partial charge is 0.320 e. The van der Waals surface area contributed by atoms with Crippen LogP contribution in [-0.2, 0) is 19.1 Å². The third-order valence-corrected chi connectivity index (χ3v) is 8.59. The summed E-state index contributed by atoms with van der Waals surface area (Å²) in [7, 11) is 0. The Morgan fingerprint density at radius 3 is 1.19 bits per heavy atom. The third kappa shape index (κ3) is 15.8. The quantitative estimate of drug-likeness (QED) is 0.0858. The van der Waals surface area contributed by atoms with Crippen molar-refractivity contribution in [3.05, 3.63) is 0 Å². The molecule has 2 aliphatic rings. The molecule has 0 atom stereocenters. The van der Waals surface area contributed by atoms with Gasteiger partial charge in [-0.2, -0.15) is 0 Å². The minimum atomic E-state index is -0.726. The number of carbonyl (C=O) groups excluding carboxylic acids is 2. The number of esters is 2. The predicted molar refractivity (Wildman–Crippen MR) is 154 cm³/mol. The lowest BCUT2D eigenvalue weighted by Gasteiger charge is -2.26. The standard InChI is InChI=1S/C33H60O4/c1-2-3-4-5-6-7-8-9-10-11-12-13-14-15-16-23-28-31(32(34)36-29-24-19-17-20-25-29)33(35)37-30-26-21-18-22-27-30/h29-31H,2-28H2,1H3. The van der Waals surface area contributed by atoms with Crippen molar-refractivity contribution in [3.8, 4) is 0 Å². The second-order valence-corrected chi connectivity index (χ2v) is 12.0. The molecule has 4 nitrogen and oxygen atoms in total. The normalized spacial score (nSPS) is 17.2. The highest BCUT2D eigenvalue weighted by molar-refractivity contribution is 5.95. The molecular formula is C33H60O4. The van der Waals surface area contributed by atoms with Gasteiger partial charge in [-0.15, -0.1) is 0 Å². The van der Waals surface area contributed by atoms with E-state index in [0.29, 0.717) is 6.42 Å². The number of hydrogen-bond acceptors (Lipinski definition) is 4. The highest BCUT2D eigenvalue weighted by Crippen LogP contribution is 2.26. The molecule has 0 aromatic heterocycles. The molecular weight excluding hydrogens is 460 g/mol. The van der Waals surface area contributed by atoms with Gasteiger partial charge in [0.25, 0.3) is 0 Å². The van der Waals surface area contributed by atoms with Crippen molar-refractivity contribution in [2.24, 2.45) is 5.92 Å². The first-order valence-corrected chi connectivity index (χ1v) is 16.6. The first kappa shape index (κ1) is 32.2. The van der Waals surface area contributed by atoms with Gasteiger partial charge < -0.3 is 9.47 Å². The average Bonchev–Trinajstić information content (AvgIpc) is 2.91. The van der Waals surface area contributed by atoms with Crippen LogP contribution < -0.4 is 0 Å². The van der Waals surface area contributed by atoms with Crippen molar-refractivity contribution in [1.82, 2.24) is 0 Å². The van der Waals surface area contributed by atoms with Crippen LogP contribution in [0.25, 0.3) is 0 Å². The summed E-state index contributed by atoms with van der Waals surface area (Å²) in [6, 6.07) is 0. The Bertz CT molecular complexity index is 531. The van der Waals surface area contributed by atoms with Crippen LogP contribution in [0.5, 0.6) is 0 Å². The van der Waals surface area contributed by atoms with Crippen molar-refractivity contribution in [2.45, 2.75) is 192 Å². The summed E-state index contributed by atoms with van der Waals surface area (Å²) in [5.41, 5.74) is 0. The van der Waals surface area contributed by atoms with Crippen LogP contribution in [0.15, 0.2) is 0 Å². The average molecular weight is 521 g/mol. The first-order valence-electron chi connectivity index (χ1n) is 16.6. The van der Waals surface area contributed by atoms with Crippen molar-refractivity contribution in [3.63, 3.8) is 0 Å². The van der Waals surface area contributed by atoms with E-state index < -0.39 is 5.92 Å². The molecule has 4 heteroatoms. The van der Waals surface area contributed by atoms with Crippen molar-refractivity contribution < 1.29 is 19.1 Å². The Hall–Kier alpha value is -1.06. The monoisotopic (exact) mass is 520 g/mol. The van der Waals surface area contributed by atoms with E-state index in [0.717, 1.165) is 64.2 Å². The summed E-state index contributed by atoms with van der Waals surface area (Å²) in [5.74, 6) is -1.38. The van der Waals surface area contributed by atoms with E-state index in [9.17, 15) is 9.59 Å².